The van der Waals surface area contributed by atoms with E-state index in [1.54, 1.807) is 19.2 Å². The zero-order chi connectivity index (χ0) is 13.7. The van der Waals surface area contributed by atoms with Gasteiger partial charge in [-0.05, 0) is 40.5 Å². The lowest BCUT2D eigenvalue weighted by Crippen LogP contribution is -2.15. The summed E-state index contributed by atoms with van der Waals surface area (Å²) in [5.41, 5.74) is 6.51. The first-order valence-corrected chi connectivity index (χ1v) is 6.26. The molecule has 0 saturated heterocycles. The maximum atomic E-state index is 10.7. The van der Waals surface area contributed by atoms with Crippen molar-refractivity contribution in [3.8, 4) is 11.5 Å². The molecule has 1 rings (SSSR count). The van der Waals surface area contributed by atoms with Crippen molar-refractivity contribution >= 4 is 21.9 Å². The fraction of sp³-hybridized carbons (Fsp3) is 0.417. The molecule has 0 radical (unpaired) electrons. The maximum absolute atomic E-state index is 10.7. The lowest BCUT2D eigenvalue weighted by atomic mass is 10.0. The number of hydrogen-bond donors (Lipinski definition) is 2. The number of ether oxygens (including phenoxy) is 2. The van der Waals surface area contributed by atoms with Gasteiger partial charge in [0.1, 0.15) is 0 Å². The van der Waals surface area contributed by atoms with Crippen molar-refractivity contribution in [3.63, 3.8) is 0 Å². The van der Waals surface area contributed by atoms with Crippen molar-refractivity contribution in [1.29, 1.82) is 0 Å². The lowest BCUT2D eigenvalue weighted by Gasteiger charge is -2.16. The molecule has 0 fully saturated rings. The zero-order valence-electron chi connectivity index (χ0n) is 10.3. The number of rotatable bonds is 6. The van der Waals surface area contributed by atoms with E-state index < -0.39 is 12.0 Å². The van der Waals surface area contributed by atoms with E-state index in [4.69, 9.17) is 20.3 Å². The average Bonchev–Trinajstić information content (AvgIpc) is 2.28. The quantitative estimate of drug-likeness (QED) is 0.841. The molecule has 6 heteroatoms. The van der Waals surface area contributed by atoms with Crippen LogP contribution in [0, 0.1) is 0 Å². The Bertz CT molecular complexity index is 436. The topological polar surface area (TPSA) is 81.8 Å². The Labute approximate surface area is 114 Å². The number of methoxy groups -OCH3 is 1. The van der Waals surface area contributed by atoms with Crippen LogP contribution in [0.25, 0.3) is 0 Å². The van der Waals surface area contributed by atoms with E-state index in [1.807, 2.05) is 6.92 Å². The molecule has 3 N–H and O–H groups in total. The van der Waals surface area contributed by atoms with Crippen LogP contribution in [-0.2, 0) is 4.79 Å². The third-order valence-electron chi connectivity index (χ3n) is 2.36. The zero-order valence-corrected chi connectivity index (χ0v) is 11.9. The molecule has 0 aliphatic carbocycles. The van der Waals surface area contributed by atoms with E-state index in [1.165, 1.54) is 0 Å². The first kappa shape index (κ1) is 14.8. The van der Waals surface area contributed by atoms with Gasteiger partial charge in [0.25, 0.3) is 0 Å². The summed E-state index contributed by atoms with van der Waals surface area (Å²) >= 11 is 3.35. The molecule has 1 unspecified atom stereocenters. The molecule has 18 heavy (non-hydrogen) atoms. The van der Waals surface area contributed by atoms with Gasteiger partial charge in [-0.25, -0.2) is 0 Å². The molecule has 0 aliphatic rings. The molecule has 0 spiro atoms. The highest BCUT2D eigenvalue weighted by atomic mass is 79.9. The third-order valence-corrected chi connectivity index (χ3v) is 2.95. The SMILES string of the molecule is CCOc1cc(C(N)CC(=O)O)cc(Br)c1OC. The van der Waals surface area contributed by atoms with Crippen LogP contribution >= 0.6 is 15.9 Å². The number of benzene rings is 1. The molecule has 0 amide bonds. The summed E-state index contributed by atoms with van der Waals surface area (Å²) in [6.07, 6.45) is -0.135. The Hall–Kier alpha value is -1.27. The van der Waals surface area contributed by atoms with E-state index in [9.17, 15) is 4.79 Å². The van der Waals surface area contributed by atoms with Crippen molar-refractivity contribution in [2.45, 2.75) is 19.4 Å². The first-order chi connectivity index (χ1) is 8.49. The summed E-state index contributed by atoms with van der Waals surface area (Å²) in [4.78, 5) is 10.7. The Balaban J connectivity index is 3.11. The summed E-state index contributed by atoms with van der Waals surface area (Å²) in [5.74, 6) is 0.181. The van der Waals surface area contributed by atoms with E-state index in [2.05, 4.69) is 15.9 Å². The van der Waals surface area contributed by atoms with Crippen molar-refractivity contribution in [2.24, 2.45) is 5.73 Å². The number of hydrogen-bond acceptors (Lipinski definition) is 4. The minimum atomic E-state index is -0.938. The largest absolute Gasteiger partial charge is 0.492 e. The molecule has 0 aliphatic heterocycles. The summed E-state index contributed by atoms with van der Waals surface area (Å²) in [5, 5.41) is 8.74. The van der Waals surface area contributed by atoms with Crippen LogP contribution in [0.1, 0.15) is 24.9 Å². The van der Waals surface area contributed by atoms with Crippen LogP contribution in [0.15, 0.2) is 16.6 Å². The molecular weight excluding hydrogens is 302 g/mol. The molecule has 0 bridgehead atoms. The van der Waals surface area contributed by atoms with E-state index in [0.717, 1.165) is 0 Å². The standard InChI is InChI=1S/C12H16BrNO4/c1-3-18-10-5-7(9(14)6-11(15)16)4-8(13)12(10)17-2/h4-5,9H,3,6,14H2,1-2H3,(H,15,16). The monoisotopic (exact) mass is 317 g/mol. The Kier molecular flexibility index (Phi) is 5.43. The van der Waals surface area contributed by atoms with Crippen molar-refractivity contribution in [1.82, 2.24) is 0 Å². The van der Waals surface area contributed by atoms with Crippen LogP contribution in [0.5, 0.6) is 11.5 Å². The van der Waals surface area contributed by atoms with Gasteiger partial charge in [-0.15, -0.1) is 0 Å². The number of carbonyl (C=O) groups is 1. The van der Waals surface area contributed by atoms with Gasteiger partial charge in [-0.2, -0.15) is 0 Å². The van der Waals surface area contributed by atoms with E-state index in [0.29, 0.717) is 28.1 Å². The molecular formula is C12H16BrNO4. The molecule has 0 saturated carbocycles. The highest BCUT2D eigenvalue weighted by molar-refractivity contribution is 9.10. The van der Waals surface area contributed by atoms with Gasteiger partial charge in [-0.1, -0.05) is 0 Å². The van der Waals surface area contributed by atoms with Gasteiger partial charge < -0.3 is 20.3 Å². The summed E-state index contributed by atoms with van der Waals surface area (Å²) in [6, 6.07) is 2.87. The van der Waals surface area contributed by atoms with E-state index in [-0.39, 0.29) is 6.42 Å². The summed E-state index contributed by atoms with van der Waals surface area (Å²) in [7, 11) is 1.54. The second-order valence-corrected chi connectivity index (χ2v) is 4.53. The minimum absolute atomic E-state index is 0.135. The number of carboxylic acid groups (broad SMARTS) is 1. The lowest BCUT2D eigenvalue weighted by molar-refractivity contribution is -0.137. The van der Waals surface area contributed by atoms with Crippen molar-refractivity contribution in [3.05, 3.63) is 22.2 Å². The Morgan fingerprint density at radius 2 is 2.22 bits per heavy atom. The number of carboxylic acids is 1. The fourth-order valence-electron chi connectivity index (χ4n) is 1.57. The third kappa shape index (κ3) is 3.61. The Morgan fingerprint density at radius 1 is 1.56 bits per heavy atom. The molecule has 1 atom stereocenters. The number of nitrogens with two attached hydrogens (primary N) is 1. The number of halogens is 1. The second kappa shape index (κ2) is 6.61. The van der Waals surface area contributed by atoms with Gasteiger partial charge in [0, 0.05) is 6.04 Å². The normalized spacial score (nSPS) is 12.0. The molecule has 1 aromatic carbocycles. The smallest absolute Gasteiger partial charge is 0.305 e. The van der Waals surface area contributed by atoms with Gasteiger partial charge in [-0.3, -0.25) is 4.79 Å². The average molecular weight is 318 g/mol. The van der Waals surface area contributed by atoms with Crippen LogP contribution in [0.4, 0.5) is 0 Å². The van der Waals surface area contributed by atoms with Gasteiger partial charge in [0.2, 0.25) is 0 Å². The first-order valence-electron chi connectivity index (χ1n) is 5.47. The second-order valence-electron chi connectivity index (χ2n) is 3.67. The summed E-state index contributed by atoms with van der Waals surface area (Å²) in [6.45, 7) is 2.34. The van der Waals surface area contributed by atoms with Gasteiger partial charge in [0.05, 0.1) is 24.6 Å². The Morgan fingerprint density at radius 3 is 2.72 bits per heavy atom. The molecule has 1 aromatic rings. The van der Waals surface area contributed by atoms with Crippen LogP contribution in [0.2, 0.25) is 0 Å². The summed E-state index contributed by atoms with van der Waals surface area (Å²) < 4.78 is 11.3. The number of aliphatic carboxylic acids is 1. The van der Waals surface area contributed by atoms with Crippen molar-refractivity contribution in [2.75, 3.05) is 13.7 Å². The highest BCUT2D eigenvalue weighted by Crippen LogP contribution is 2.38. The molecule has 0 aromatic heterocycles. The van der Waals surface area contributed by atoms with Crippen LogP contribution in [-0.4, -0.2) is 24.8 Å². The highest BCUT2D eigenvalue weighted by Gasteiger charge is 2.16. The van der Waals surface area contributed by atoms with Crippen LogP contribution in [0.3, 0.4) is 0 Å². The van der Waals surface area contributed by atoms with Crippen LogP contribution < -0.4 is 15.2 Å². The predicted octanol–water partition coefficient (Wildman–Crippen LogP) is 2.33. The maximum Gasteiger partial charge on any atom is 0.305 e. The van der Waals surface area contributed by atoms with Gasteiger partial charge >= 0.3 is 5.97 Å². The van der Waals surface area contributed by atoms with Gasteiger partial charge in [0.15, 0.2) is 11.5 Å². The molecule has 0 heterocycles. The minimum Gasteiger partial charge on any atom is -0.492 e. The molecule has 100 valence electrons. The molecule has 5 nitrogen and oxygen atoms in total. The van der Waals surface area contributed by atoms with Crippen molar-refractivity contribution < 1.29 is 19.4 Å². The predicted molar refractivity (Wildman–Crippen MR) is 71.0 cm³/mol. The van der Waals surface area contributed by atoms with E-state index >= 15 is 0 Å². The fourth-order valence-corrected chi connectivity index (χ4v) is 2.19.